The van der Waals surface area contributed by atoms with E-state index >= 15 is 0 Å². The lowest BCUT2D eigenvalue weighted by atomic mass is 10.5. The average Bonchev–Trinajstić information content (AvgIpc) is 2.16. The van der Waals surface area contributed by atoms with Gasteiger partial charge in [-0.25, -0.2) is 9.79 Å². The fourth-order valence-corrected chi connectivity index (χ4v) is 2.54. The summed E-state index contributed by atoms with van der Waals surface area (Å²) in [5.41, 5.74) is 5.09. The Bertz CT molecular complexity index is 193. The van der Waals surface area contributed by atoms with Gasteiger partial charge in [-0.3, -0.25) is 4.79 Å². The molecular weight excluding hydrogens is 221 g/mol. The summed E-state index contributed by atoms with van der Waals surface area (Å²) in [5, 5.41) is 0. The van der Waals surface area contributed by atoms with Gasteiger partial charge in [0.05, 0.1) is 19.8 Å². The molecule has 0 saturated heterocycles. The van der Waals surface area contributed by atoms with E-state index in [0.29, 0.717) is 0 Å². The lowest BCUT2D eigenvalue weighted by molar-refractivity contribution is -0.116. The molecule has 0 radical (unpaired) electrons. The molecule has 0 aromatic carbocycles. The second-order valence-electron chi connectivity index (χ2n) is 2.90. The minimum absolute atomic E-state index is 0.214. The Morgan fingerprint density at radius 1 is 1.33 bits per heavy atom. The topological polar surface area (TPSA) is 102 Å². The van der Waals surface area contributed by atoms with E-state index in [-0.39, 0.29) is 19.8 Å². The van der Waals surface area contributed by atoms with E-state index < -0.39 is 25.7 Å². The normalized spacial score (nSPS) is 12.1. The highest BCUT2D eigenvalue weighted by atomic mass is 31.2. The second-order valence-corrected chi connectivity index (χ2v) is 5.21. The fourth-order valence-electron chi connectivity index (χ4n) is 0.971. The molecule has 0 unspecified atom stereocenters. The quantitative estimate of drug-likeness (QED) is 0.398. The summed E-state index contributed by atoms with van der Waals surface area (Å²) in [7, 11) is -3.53. The predicted molar refractivity (Wildman–Crippen MR) is 57.3 cm³/mol. The first-order valence-corrected chi connectivity index (χ1v) is 6.71. The number of ether oxygens (including phenoxy) is 2. The molecular formula is C8H19NO5P+. The van der Waals surface area contributed by atoms with Gasteiger partial charge in [0.1, 0.15) is 0 Å². The van der Waals surface area contributed by atoms with Crippen molar-refractivity contribution in [2.75, 3.05) is 25.9 Å². The number of hydrogen-bond acceptors (Lipinski definition) is 6. The molecule has 90 valence electrons. The van der Waals surface area contributed by atoms with Crippen molar-refractivity contribution >= 4 is 13.5 Å². The first-order valence-electron chi connectivity index (χ1n) is 4.76. The number of nitrogens with two attached hydrogens (primary N) is 1. The zero-order chi connectivity index (χ0) is 11.9. The minimum atomic E-state index is -3.53. The van der Waals surface area contributed by atoms with Crippen molar-refractivity contribution in [2.45, 2.75) is 19.9 Å². The summed E-state index contributed by atoms with van der Waals surface area (Å²) in [5.74, 6) is -0.419. The van der Waals surface area contributed by atoms with Gasteiger partial charge in [0.15, 0.2) is 11.9 Å². The molecule has 0 heterocycles. The van der Waals surface area contributed by atoms with E-state index in [9.17, 15) is 14.6 Å². The molecule has 0 aliphatic carbocycles. The predicted octanol–water partition coefficient (Wildman–Crippen LogP) is -0.297. The Balaban J connectivity index is 4.39. The Kier molecular flexibility index (Phi) is 7.17. The Morgan fingerprint density at radius 2 is 1.80 bits per heavy atom. The average molecular weight is 240 g/mol. The van der Waals surface area contributed by atoms with Crippen LogP contribution in [-0.2, 0) is 14.3 Å². The molecule has 0 spiro atoms. The van der Waals surface area contributed by atoms with E-state index in [0.717, 1.165) is 0 Å². The molecule has 4 N–H and O–H groups in total. The SMILES string of the molecule is CCOC(OCC)[P+](O)(O)CC(=O)CN. The van der Waals surface area contributed by atoms with E-state index in [1.54, 1.807) is 13.8 Å². The van der Waals surface area contributed by atoms with Crippen LogP contribution >= 0.6 is 7.72 Å². The number of carbonyl (C=O) groups is 1. The third kappa shape index (κ3) is 5.51. The summed E-state index contributed by atoms with van der Waals surface area (Å²) in [6.45, 7) is 3.76. The highest BCUT2D eigenvalue weighted by Gasteiger charge is 2.47. The maximum absolute atomic E-state index is 11.0. The molecule has 0 amide bonds. The van der Waals surface area contributed by atoms with Gasteiger partial charge in [-0.1, -0.05) is 0 Å². The van der Waals surface area contributed by atoms with Gasteiger partial charge in [0, 0.05) is 0 Å². The van der Waals surface area contributed by atoms with Crippen molar-refractivity contribution in [1.82, 2.24) is 0 Å². The molecule has 6 nitrogen and oxygen atoms in total. The molecule has 0 bridgehead atoms. The molecule has 0 fully saturated rings. The van der Waals surface area contributed by atoms with Crippen LogP contribution in [0.25, 0.3) is 0 Å². The number of Topliss-reactive ketones (excluding diaryl/α,β-unsaturated/α-hetero) is 1. The first kappa shape index (κ1) is 14.9. The summed E-state index contributed by atoms with van der Waals surface area (Å²) in [4.78, 5) is 30.4. The van der Waals surface area contributed by atoms with Gasteiger partial charge >= 0.3 is 13.7 Å². The summed E-state index contributed by atoms with van der Waals surface area (Å²) >= 11 is 0. The van der Waals surface area contributed by atoms with Crippen LogP contribution in [0.15, 0.2) is 0 Å². The van der Waals surface area contributed by atoms with Crippen molar-refractivity contribution in [3.05, 3.63) is 0 Å². The van der Waals surface area contributed by atoms with Crippen LogP contribution in [0.5, 0.6) is 0 Å². The van der Waals surface area contributed by atoms with E-state index in [1.807, 2.05) is 0 Å². The van der Waals surface area contributed by atoms with Crippen LogP contribution < -0.4 is 5.73 Å². The van der Waals surface area contributed by atoms with Gasteiger partial charge in [0.25, 0.3) is 0 Å². The second kappa shape index (κ2) is 7.22. The summed E-state index contributed by atoms with van der Waals surface area (Å²) < 4.78 is 10.1. The molecule has 0 rings (SSSR count). The van der Waals surface area contributed by atoms with E-state index in [1.165, 1.54) is 0 Å². The number of carbonyl (C=O) groups excluding carboxylic acids is 1. The molecule has 0 aromatic rings. The van der Waals surface area contributed by atoms with E-state index in [2.05, 4.69) is 0 Å². The molecule has 0 aliphatic rings. The molecule has 0 aromatic heterocycles. The number of hydrogen-bond donors (Lipinski definition) is 3. The van der Waals surface area contributed by atoms with Crippen LogP contribution in [0, 0.1) is 0 Å². The van der Waals surface area contributed by atoms with Gasteiger partial charge < -0.3 is 15.2 Å². The smallest absolute Gasteiger partial charge is 0.324 e. The zero-order valence-corrected chi connectivity index (χ0v) is 9.94. The third-order valence-corrected chi connectivity index (χ3v) is 3.38. The first-order chi connectivity index (χ1) is 6.97. The van der Waals surface area contributed by atoms with Gasteiger partial charge in [-0.15, -0.1) is 0 Å². The maximum atomic E-state index is 11.0. The molecule has 15 heavy (non-hydrogen) atoms. The van der Waals surface area contributed by atoms with Crippen molar-refractivity contribution < 1.29 is 24.1 Å². The van der Waals surface area contributed by atoms with Crippen LogP contribution in [0.2, 0.25) is 0 Å². The monoisotopic (exact) mass is 240 g/mol. The maximum Gasteiger partial charge on any atom is 0.334 e. The molecule has 0 atom stereocenters. The summed E-state index contributed by atoms with van der Waals surface area (Å²) in [6.07, 6.45) is -0.395. The Labute approximate surface area is 89.9 Å². The number of ketones is 1. The van der Waals surface area contributed by atoms with Crippen LogP contribution in [0.4, 0.5) is 0 Å². The zero-order valence-electron chi connectivity index (χ0n) is 9.05. The third-order valence-electron chi connectivity index (χ3n) is 1.59. The fraction of sp³-hybridized carbons (Fsp3) is 0.875. The number of rotatable bonds is 8. The van der Waals surface area contributed by atoms with Gasteiger partial charge in [-0.05, 0) is 13.8 Å². The van der Waals surface area contributed by atoms with Crippen LogP contribution in [0.3, 0.4) is 0 Å². The molecule has 7 heteroatoms. The van der Waals surface area contributed by atoms with Crippen molar-refractivity contribution in [3.8, 4) is 0 Å². The summed E-state index contributed by atoms with van der Waals surface area (Å²) in [6, 6.07) is -1.12. The van der Waals surface area contributed by atoms with Crippen LogP contribution in [0.1, 0.15) is 13.8 Å². The van der Waals surface area contributed by atoms with Gasteiger partial charge in [0.2, 0.25) is 0 Å². The lowest BCUT2D eigenvalue weighted by Gasteiger charge is -2.21. The highest BCUT2D eigenvalue weighted by molar-refractivity contribution is 7.65. The van der Waals surface area contributed by atoms with E-state index in [4.69, 9.17) is 15.2 Å². The van der Waals surface area contributed by atoms with Crippen molar-refractivity contribution in [1.29, 1.82) is 0 Å². The minimum Gasteiger partial charge on any atom is -0.324 e. The van der Waals surface area contributed by atoms with Gasteiger partial charge in [-0.2, -0.15) is 0 Å². The van der Waals surface area contributed by atoms with Crippen molar-refractivity contribution in [3.63, 3.8) is 0 Å². The Hall–Kier alpha value is -0.100. The van der Waals surface area contributed by atoms with Crippen molar-refractivity contribution in [2.24, 2.45) is 5.73 Å². The lowest BCUT2D eigenvalue weighted by Crippen LogP contribution is -2.28. The standard InChI is InChI=1S/C8H19NO5P/c1-3-13-8(14-4-2)15(11,12)6-7(10)5-9/h8,11-12H,3-6,9H2,1-2H3/q+1. The molecule has 0 saturated carbocycles. The molecule has 0 aliphatic heterocycles. The Morgan fingerprint density at radius 3 is 2.13 bits per heavy atom. The largest absolute Gasteiger partial charge is 0.334 e. The van der Waals surface area contributed by atoms with Crippen LogP contribution in [-0.4, -0.2) is 47.5 Å². The highest BCUT2D eigenvalue weighted by Crippen LogP contribution is 2.55.